The topological polar surface area (TPSA) is 107 Å². The van der Waals surface area contributed by atoms with Crippen LogP contribution in [0.2, 0.25) is 0 Å². The molecule has 0 spiro atoms. The van der Waals surface area contributed by atoms with Gasteiger partial charge < -0.3 is 20.1 Å². The fourth-order valence-corrected chi connectivity index (χ4v) is 5.70. The van der Waals surface area contributed by atoms with Crippen molar-refractivity contribution in [1.82, 2.24) is 19.9 Å². The summed E-state index contributed by atoms with van der Waals surface area (Å²) >= 11 is 1.43. The number of carbonyl (C=O) groups is 1. The van der Waals surface area contributed by atoms with E-state index in [9.17, 15) is 14.0 Å². The minimum Gasteiger partial charge on any atom is -0.453 e. The van der Waals surface area contributed by atoms with E-state index in [1.54, 1.807) is 19.4 Å². The van der Waals surface area contributed by atoms with E-state index in [0.717, 1.165) is 33.4 Å². The molecule has 2 N–H and O–H groups in total. The van der Waals surface area contributed by atoms with Crippen LogP contribution in [0.25, 0.3) is 26.5 Å². The van der Waals surface area contributed by atoms with Gasteiger partial charge >= 0.3 is 0 Å². The molecule has 13 heteroatoms. The molecule has 0 atom stereocenters. The number of halogens is 3. The first-order valence-corrected chi connectivity index (χ1v) is 15.0. The molecule has 0 fully saturated rings. The van der Waals surface area contributed by atoms with Crippen molar-refractivity contribution in [3.63, 3.8) is 0 Å². The zero-order valence-electron chi connectivity index (χ0n) is 24.9. The van der Waals surface area contributed by atoms with Crippen LogP contribution in [0.3, 0.4) is 0 Å². The first-order valence-electron chi connectivity index (χ1n) is 14.2. The highest BCUT2D eigenvalue weighted by molar-refractivity contribution is 7.22. The van der Waals surface area contributed by atoms with Gasteiger partial charge in [0.1, 0.15) is 17.1 Å². The number of ether oxygens (including phenoxy) is 2. The van der Waals surface area contributed by atoms with Crippen molar-refractivity contribution in [2.24, 2.45) is 0 Å². The molecule has 9 nitrogen and oxygen atoms in total. The van der Waals surface area contributed by atoms with Gasteiger partial charge in [0.05, 0.1) is 27.4 Å². The maximum Gasteiger partial charge on any atom is 0.267 e. The second kappa shape index (κ2) is 15.1. The zero-order valence-corrected chi connectivity index (χ0v) is 26.5. The van der Waals surface area contributed by atoms with E-state index in [1.165, 1.54) is 70.6 Å². The van der Waals surface area contributed by atoms with Crippen LogP contribution in [-0.2, 0) is 11.3 Å². The highest BCUT2D eigenvalue weighted by Crippen LogP contribution is 2.39. The molecule has 6 aromatic rings. The number of thiophene rings is 1. The molecule has 0 saturated carbocycles. The molecule has 4 heterocycles. The summed E-state index contributed by atoms with van der Waals surface area (Å²) in [6, 6.07) is 19.7. The third-order valence-corrected chi connectivity index (χ3v) is 8.13. The van der Waals surface area contributed by atoms with E-state index in [1.807, 2.05) is 24.4 Å². The minimum absolute atomic E-state index is 0. The van der Waals surface area contributed by atoms with Gasteiger partial charge in [-0.2, -0.15) is 0 Å². The molecule has 6 rings (SSSR count). The molecule has 2 aromatic carbocycles. The number of aromatic nitrogens is 3. The molecule has 0 aliphatic rings. The number of pyridine rings is 3. The number of amides is 1. The fourth-order valence-electron chi connectivity index (χ4n) is 4.65. The van der Waals surface area contributed by atoms with Crippen LogP contribution in [-0.4, -0.2) is 40.7 Å². The Balaban J connectivity index is 0.00000433. The molecule has 0 aliphatic heterocycles. The van der Waals surface area contributed by atoms with Crippen molar-refractivity contribution in [1.29, 1.82) is 0 Å². The second-order valence-electron chi connectivity index (χ2n) is 10.1. The van der Waals surface area contributed by atoms with Crippen molar-refractivity contribution >= 4 is 45.6 Å². The predicted molar refractivity (Wildman–Crippen MR) is 180 cm³/mol. The standard InChI is InChI=1S/C34H27F2N5O4S.ClH/c1-44-16-14-37-19-21-4-10-27(39-20-21)31-18-28-32(46-31)30(12-13-38-28)45-29-11-7-23(17-26(29)36)40-33(42)25-3-2-15-41(34(25)43)24-8-5-22(35)6-9-24;/h2-13,15,17-18,20,37H,14,16,19H2,1H3,(H,40,42);1H. The molecule has 0 bridgehead atoms. The average molecular weight is 676 g/mol. The maximum absolute atomic E-state index is 15.2. The summed E-state index contributed by atoms with van der Waals surface area (Å²) in [5.74, 6) is -1.52. The normalized spacial score (nSPS) is 10.9. The Hall–Kier alpha value is -5.01. The molecular formula is C34H28ClF2N5O4S. The fraction of sp³-hybridized carbons (Fsp3) is 0.118. The minimum atomic E-state index is -0.722. The first kappa shape index (κ1) is 33.4. The van der Waals surface area contributed by atoms with E-state index < -0.39 is 23.1 Å². The lowest BCUT2D eigenvalue weighted by molar-refractivity contribution is 0.102. The molecule has 4 aromatic heterocycles. The number of hydrogen-bond acceptors (Lipinski definition) is 8. The summed E-state index contributed by atoms with van der Waals surface area (Å²) in [6.45, 7) is 2.06. The number of carbonyl (C=O) groups excluding carboxylic acids is 1. The molecule has 0 radical (unpaired) electrons. The van der Waals surface area contributed by atoms with Gasteiger partial charge in [-0.1, -0.05) is 6.07 Å². The van der Waals surface area contributed by atoms with Crippen LogP contribution < -0.4 is 20.9 Å². The number of hydrogen-bond donors (Lipinski definition) is 2. The van der Waals surface area contributed by atoms with Crippen molar-refractivity contribution < 1.29 is 23.0 Å². The number of anilines is 1. The molecular weight excluding hydrogens is 648 g/mol. The molecule has 0 unspecified atom stereocenters. The highest BCUT2D eigenvalue weighted by atomic mass is 35.5. The van der Waals surface area contributed by atoms with Gasteiger partial charge in [-0.05, 0) is 66.2 Å². The van der Waals surface area contributed by atoms with Crippen molar-refractivity contribution in [3.05, 3.63) is 131 Å². The monoisotopic (exact) mass is 675 g/mol. The number of fused-ring (bicyclic) bond motifs is 1. The third-order valence-electron chi connectivity index (χ3n) is 6.97. The van der Waals surface area contributed by atoms with Crippen molar-refractivity contribution in [2.45, 2.75) is 6.54 Å². The quantitative estimate of drug-likeness (QED) is 0.143. The summed E-state index contributed by atoms with van der Waals surface area (Å²) in [5, 5.41) is 5.84. The van der Waals surface area contributed by atoms with E-state index in [-0.39, 0.29) is 29.4 Å². The van der Waals surface area contributed by atoms with Crippen molar-refractivity contribution in [3.8, 4) is 27.8 Å². The number of benzene rings is 2. The molecule has 0 saturated heterocycles. The first-order chi connectivity index (χ1) is 22.4. The summed E-state index contributed by atoms with van der Waals surface area (Å²) < 4.78 is 41.5. The van der Waals surface area contributed by atoms with Gasteiger partial charge in [0, 0.05) is 62.3 Å². The predicted octanol–water partition coefficient (Wildman–Crippen LogP) is 6.99. The number of nitrogens with one attached hydrogen (secondary N) is 2. The smallest absolute Gasteiger partial charge is 0.267 e. The highest BCUT2D eigenvalue weighted by Gasteiger charge is 2.17. The summed E-state index contributed by atoms with van der Waals surface area (Å²) in [4.78, 5) is 35.9. The van der Waals surface area contributed by atoms with Gasteiger partial charge in [-0.25, -0.2) is 8.78 Å². The molecule has 240 valence electrons. The Morgan fingerprint density at radius 1 is 0.979 bits per heavy atom. The van der Waals surface area contributed by atoms with Gasteiger partial charge in [-0.15, -0.1) is 23.7 Å². The summed E-state index contributed by atoms with van der Waals surface area (Å²) in [7, 11) is 1.66. The third kappa shape index (κ3) is 7.69. The van der Waals surface area contributed by atoms with E-state index in [4.69, 9.17) is 9.47 Å². The Morgan fingerprint density at radius 2 is 1.81 bits per heavy atom. The summed E-state index contributed by atoms with van der Waals surface area (Å²) in [6.07, 6.45) is 4.88. The summed E-state index contributed by atoms with van der Waals surface area (Å²) in [5.41, 5.74) is 2.27. The van der Waals surface area contributed by atoms with Crippen molar-refractivity contribution in [2.75, 3.05) is 25.6 Å². The van der Waals surface area contributed by atoms with Crippen LogP contribution in [0, 0.1) is 11.6 Å². The van der Waals surface area contributed by atoms with Gasteiger partial charge in [0.15, 0.2) is 11.6 Å². The Bertz CT molecular complexity index is 2070. The van der Waals surface area contributed by atoms with E-state index in [2.05, 4.69) is 20.6 Å². The van der Waals surface area contributed by atoms with Crippen LogP contribution in [0.15, 0.2) is 102 Å². The van der Waals surface area contributed by atoms with Crippen LogP contribution in [0.1, 0.15) is 15.9 Å². The van der Waals surface area contributed by atoms with Gasteiger partial charge in [0.2, 0.25) is 0 Å². The maximum atomic E-state index is 15.2. The molecule has 47 heavy (non-hydrogen) atoms. The number of methoxy groups -OCH3 is 1. The lowest BCUT2D eigenvalue weighted by Gasteiger charge is -2.11. The number of rotatable bonds is 11. The van der Waals surface area contributed by atoms with E-state index in [0.29, 0.717) is 30.1 Å². The molecule has 1 amide bonds. The van der Waals surface area contributed by atoms with Gasteiger partial charge in [0.25, 0.3) is 11.5 Å². The van der Waals surface area contributed by atoms with E-state index >= 15 is 4.39 Å². The average Bonchev–Trinajstić information content (AvgIpc) is 3.51. The van der Waals surface area contributed by atoms with Crippen LogP contribution >= 0.6 is 23.7 Å². The zero-order chi connectivity index (χ0) is 32.0. The second-order valence-corrected chi connectivity index (χ2v) is 11.2. The lowest BCUT2D eigenvalue weighted by Crippen LogP contribution is -2.27. The lowest BCUT2D eigenvalue weighted by atomic mass is 10.2. The Morgan fingerprint density at radius 3 is 2.55 bits per heavy atom. The Labute approximate surface area is 278 Å². The Kier molecular flexibility index (Phi) is 10.7. The molecule has 0 aliphatic carbocycles. The van der Waals surface area contributed by atoms with Gasteiger partial charge in [-0.3, -0.25) is 24.1 Å². The number of nitrogens with zero attached hydrogens (tertiary/aromatic N) is 3. The SMILES string of the molecule is COCCNCc1ccc(-c2cc3nccc(Oc4ccc(NC(=O)c5cccn(-c6ccc(F)cc6)c5=O)cc4F)c3s2)nc1.Cl. The van der Waals surface area contributed by atoms with Crippen LogP contribution in [0.4, 0.5) is 14.5 Å². The van der Waals surface area contributed by atoms with Crippen LogP contribution in [0.5, 0.6) is 11.5 Å². The largest absolute Gasteiger partial charge is 0.453 e.